The van der Waals surface area contributed by atoms with Gasteiger partial charge in [-0.2, -0.15) is 0 Å². The molecule has 21 heavy (non-hydrogen) atoms. The third-order valence-electron chi connectivity index (χ3n) is 2.69. The van der Waals surface area contributed by atoms with Gasteiger partial charge in [0.15, 0.2) is 0 Å². The van der Waals surface area contributed by atoms with Crippen molar-refractivity contribution in [1.29, 1.82) is 0 Å². The van der Waals surface area contributed by atoms with E-state index in [0.29, 0.717) is 24.6 Å². The lowest BCUT2D eigenvalue weighted by Crippen LogP contribution is -2.02. The molecule has 2 aromatic rings. The highest BCUT2D eigenvalue weighted by Crippen LogP contribution is 2.26. The van der Waals surface area contributed by atoms with Gasteiger partial charge in [0.25, 0.3) is 5.69 Å². The molecule has 6 nitrogen and oxygen atoms in total. The number of nitro groups is 1. The van der Waals surface area contributed by atoms with E-state index in [0.717, 1.165) is 17.1 Å². The van der Waals surface area contributed by atoms with E-state index in [-0.39, 0.29) is 5.69 Å². The van der Waals surface area contributed by atoms with Gasteiger partial charge in [0.2, 0.25) is 0 Å². The molecule has 1 aromatic heterocycles. The molecule has 0 aliphatic carbocycles. The number of rotatable bonds is 7. The molecule has 0 atom stereocenters. The van der Waals surface area contributed by atoms with E-state index >= 15 is 0 Å². The Morgan fingerprint density at radius 3 is 2.86 bits per heavy atom. The quantitative estimate of drug-likeness (QED) is 0.622. The first kappa shape index (κ1) is 15.2. The Morgan fingerprint density at radius 2 is 2.24 bits per heavy atom. The summed E-state index contributed by atoms with van der Waals surface area (Å²) in [6, 6.07) is 4.71. The highest BCUT2D eigenvalue weighted by atomic mass is 32.1. The van der Waals surface area contributed by atoms with Gasteiger partial charge in [0, 0.05) is 28.9 Å². The number of nitrogens with one attached hydrogen (secondary N) is 1. The highest BCUT2D eigenvalue weighted by molar-refractivity contribution is 7.09. The maximum atomic E-state index is 11.0. The summed E-state index contributed by atoms with van der Waals surface area (Å²) in [6.07, 6.45) is 0.851. The van der Waals surface area contributed by atoms with Gasteiger partial charge in [-0.15, -0.1) is 11.3 Å². The summed E-state index contributed by atoms with van der Waals surface area (Å²) >= 11 is 1.56. The van der Waals surface area contributed by atoms with E-state index in [2.05, 4.69) is 10.3 Å². The molecule has 2 rings (SSSR count). The number of thiazole rings is 1. The highest BCUT2D eigenvalue weighted by Gasteiger charge is 2.11. The van der Waals surface area contributed by atoms with Crippen molar-refractivity contribution in [1.82, 2.24) is 4.98 Å². The van der Waals surface area contributed by atoms with E-state index in [9.17, 15) is 10.1 Å². The van der Waals surface area contributed by atoms with Gasteiger partial charge in [0.1, 0.15) is 10.8 Å². The molecule has 0 radical (unpaired) electrons. The van der Waals surface area contributed by atoms with E-state index in [1.807, 2.05) is 19.2 Å². The van der Waals surface area contributed by atoms with Gasteiger partial charge in [0.05, 0.1) is 24.1 Å². The fourth-order valence-corrected chi connectivity index (χ4v) is 2.47. The standard InChI is InChI=1S/C14H17N3O3S/c1-3-4-20-13-6-11(5-12(7-13)17(18)19)15-8-14-16-10(2)9-21-14/h5-7,9,15H,3-4,8H2,1-2H3. The maximum Gasteiger partial charge on any atom is 0.275 e. The zero-order valence-corrected chi connectivity index (χ0v) is 12.8. The molecule has 112 valence electrons. The molecule has 7 heteroatoms. The number of nitrogens with zero attached hydrogens (tertiary/aromatic N) is 2. The molecule has 0 aliphatic rings. The molecular formula is C14H17N3O3S. The van der Waals surface area contributed by atoms with Crippen LogP contribution in [-0.4, -0.2) is 16.5 Å². The number of hydrogen-bond donors (Lipinski definition) is 1. The first-order chi connectivity index (χ1) is 10.1. The molecule has 0 amide bonds. The molecule has 0 saturated heterocycles. The maximum absolute atomic E-state index is 11.0. The Balaban J connectivity index is 2.12. The average molecular weight is 307 g/mol. The van der Waals surface area contributed by atoms with Crippen molar-refractivity contribution in [2.75, 3.05) is 11.9 Å². The Labute approximate surface area is 126 Å². The zero-order chi connectivity index (χ0) is 15.2. The monoisotopic (exact) mass is 307 g/mol. The van der Waals surface area contributed by atoms with Crippen molar-refractivity contribution < 1.29 is 9.66 Å². The van der Waals surface area contributed by atoms with Gasteiger partial charge in [-0.1, -0.05) is 6.92 Å². The van der Waals surface area contributed by atoms with Crippen molar-refractivity contribution in [3.05, 3.63) is 44.4 Å². The van der Waals surface area contributed by atoms with Gasteiger partial charge in [-0.05, 0) is 13.3 Å². The van der Waals surface area contributed by atoms with E-state index < -0.39 is 4.92 Å². The minimum absolute atomic E-state index is 0.0152. The van der Waals surface area contributed by atoms with Crippen molar-refractivity contribution >= 4 is 22.7 Å². The molecule has 1 aromatic carbocycles. The second-order valence-electron chi connectivity index (χ2n) is 4.56. The lowest BCUT2D eigenvalue weighted by Gasteiger charge is -2.09. The summed E-state index contributed by atoms with van der Waals surface area (Å²) < 4.78 is 5.49. The fraction of sp³-hybridized carbons (Fsp3) is 0.357. The molecule has 0 bridgehead atoms. The van der Waals surface area contributed by atoms with Crippen LogP contribution >= 0.6 is 11.3 Å². The predicted octanol–water partition coefficient (Wildman–Crippen LogP) is 3.76. The van der Waals surface area contributed by atoms with E-state index in [1.54, 1.807) is 17.4 Å². The Bertz CT molecular complexity index is 628. The largest absolute Gasteiger partial charge is 0.493 e. The van der Waals surface area contributed by atoms with Crippen LogP contribution in [0.4, 0.5) is 11.4 Å². The summed E-state index contributed by atoms with van der Waals surface area (Å²) in [5.41, 5.74) is 1.65. The van der Waals surface area contributed by atoms with Crippen LogP contribution in [0.1, 0.15) is 24.0 Å². The Hall–Kier alpha value is -2.15. The SMILES string of the molecule is CCCOc1cc(NCc2nc(C)cs2)cc([N+](=O)[O-])c1. The Morgan fingerprint density at radius 1 is 1.43 bits per heavy atom. The summed E-state index contributed by atoms with van der Waals surface area (Å²) in [4.78, 5) is 14.9. The fourth-order valence-electron chi connectivity index (χ4n) is 1.76. The molecule has 1 N–H and O–H groups in total. The second-order valence-corrected chi connectivity index (χ2v) is 5.50. The van der Waals surface area contributed by atoms with Crippen molar-refractivity contribution in [2.45, 2.75) is 26.8 Å². The minimum atomic E-state index is -0.419. The lowest BCUT2D eigenvalue weighted by atomic mass is 10.2. The number of nitro benzene ring substituents is 1. The predicted molar refractivity (Wildman–Crippen MR) is 83.1 cm³/mol. The van der Waals surface area contributed by atoms with Crippen molar-refractivity contribution in [2.24, 2.45) is 0 Å². The summed E-state index contributed by atoms with van der Waals surface area (Å²) in [7, 11) is 0. The van der Waals surface area contributed by atoms with Crippen LogP contribution in [0.3, 0.4) is 0 Å². The van der Waals surface area contributed by atoms with Crippen LogP contribution in [0, 0.1) is 17.0 Å². The molecule has 1 heterocycles. The second kappa shape index (κ2) is 7.03. The average Bonchev–Trinajstić information content (AvgIpc) is 2.88. The van der Waals surface area contributed by atoms with Crippen LogP contribution in [0.5, 0.6) is 5.75 Å². The number of non-ortho nitro benzene ring substituents is 1. The van der Waals surface area contributed by atoms with Crippen LogP contribution in [0.25, 0.3) is 0 Å². The van der Waals surface area contributed by atoms with Crippen LogP contribution in [-0.2, 0) is 6.54 Å². The summed E-state index contributed by atoms with van der Waals surface area (Å²) in [5.74, 6) is 0.504. The van der Waals surface area contributed by atoms with Crippen LogP contribution in [0.2, 0.25) is 0 Å². The molecule has 0 spiro atoms. The van der Waals surface area contributed by atoms with Gasteiger partial charge >= 0.3 is 0 Å². The molecule has 0 unspecified atom stereocenters. The topological polar surface area (TPSA) is 77.3 Å². The van der Waals surface area contributed by atoms with Gasteiger partial charge in [-0.25, -0.2) is 4.98 Å². The van der Waals surface area contributed by atoms with Crippen molar-refractivity contribution in [3.63, 3.8) is 0 Å². The number of benzene rings is 1. The van der Waals surface area contributed by atoms with Crippen LogP contribution in [0.15, 0.2) is 23.6 Å². The number of aromatic nitrogens is 1. The van der Waals surface area contributed by atoms with E-state index in [1.165, 1.54) is 12.1 Å². The summed E-state index contributed by atoms with van der Waals surface area (Å²) in [6.45, 7) is 4.99. The first-order valence-corrected chi connectivity index (χ1v) is 7.53. The summed E-state index contributed by atoms with van der Waals surface area (Å²) in [5, 5.41) is 17.0. The Kier molecular flexibility index (Phi) is 5.10. The number of hydrogen-bond acceptors (Lipinski definition) is 6. The lowest BCUT2D eigenvalue weighted by molar-refractivity contribution is -0.384. The van der Waals surface area contributed by atoms with Gasteiger partial charge in [-0.3, -0.25) is 10.1 Å². The molecule has 0 saturated carbocycles. The van der Waals surface area contributed by atoms with Crippen LogP contribution < -0.4 is 10.1 Å². The first-order valence-electron chi connectivity index (χ1n) is 6.65. The normalized spacial score (nSPS) is 10.4. The number of ether oxygens (including phenoxy) is 1. The third kappa shape index (κ3) is 4.42. The van der Waals surface area contributed by atoms with Gasteiger partial charge < -0.3 is 10.1 Å². The van der Waals surface area contributed by atoms with E-state index in [4.69, 9.17) is 4.74 Å². The smallest absolute Gasteiger partial charge is 0.275 e. The number of anilines is 1. The molecular weight excluding hydrogens is 290 g/mol. The minimum Gasteiger partial charge on any atom is -0.493 e. The third-order valence-corrected chi connectivity index (χ3v) is 3.65. The number of aryl methyl sites for hydroxylation is 1. The van der Waals surface area contributed by atoms with Crippen molar-refractivity contribution in [3.8, 4) is 5.75 Å². The molecule has 0 fully saturated rings. The molecule has 0 aliphatic heterocycles. The zero-order valence-electron chi connectivity index (χ0n) is 12.0.